The van der Waals surface area contributed by atoms with Crippen LogP contribution in [0.2, 0.25) is 0 Å². The Bertz CT molecular complexity index is 288. The van der Waals surface area contributed by atoms with Gasteiger partial charge in [-0.1, -0.05) is 13.3 Å². The van der Waals surface area contributed by atoms with Crippen molar-refractivity contribution < 1.29 is 0 Å². The van der Waals surface area contributed by atoms with E-state index in [4.69, 9.17) is 0 Å². The van der Waals surface area contributed by atoms with Gasteiger partial charge in [-0.25, -0.2) is 0 Å². The van der Waals surface area contributed by atoms with Crippen molar-refractivity contribution in [2.24, 2.45) is 0 Å². The third kappa shape index (κ3) is 2.75. The molecule has 0 amide bonds. The molecule has 1 saturated heterocycles. The van der Waals surface area contributed by atoms with E-state index in [2.05, 4.69) is 34.6 Å². The summed E-state index contributed by atoms with van der Waals surface area (Å²) >= 11 is 0. The second-order valence-electron chi connectivity index (χ2n) is 4.22. The molecule has 3 heteroatoms. The second kappa shape index (κ2) is 5.21. The Labute approximate surface area is 91.3 Å². The van der Waals surface area contributed by atoms with Crippen molar-refractivity contribution in [3.05, 3.63) is 23.5 Å². The van der Waals surface area contributed by atoms with Gasteiger partial charge in [0, 0.05) is 5.92 Å². The van der Waals surface area contributed by atoms with Crippen LogP contribution < -0.4 is 5.32 Å². The standard InChI is InChI=1S/C12H19N3/c1-2-3-11-4-5-12(15-14-11)10-6-8-13-9-7-10/h4-5,10,13H,2-3,6-9H2,1H3. The number of aromatic nitrogens is 2. The third-order valence-electron chi connectivity index (χ3n) is 3.00. The SMILES string of the molecule is CCCc1ccc(C2CCNCC2)nn1. The molecule has 0 bridgehead atoms. The molecule has 0 atom stereocenters. The fourth-order valence-electron chi connectivity index (χ4n) is 2.10. The van der Waals surface area contributed by atoms with Crippen molar-refractivity contribution in [3.63, 3.8) is 0 Å². The number of rotatable bonds is 3. The van der Waals surface area contributed by atoms with Crippen LogP contribution in [0.1, 0.15) is 43.5 Å². The number of aryl methyl sites for hydroxylation is 1. The zero-order valence-electron chi connectivity index (χ0n) is 9.37. The summed E-state index contributed by atoms with van der Waals surface area (Å²) in [4.78, 5) is 0. The molecule has 0 unspecified atom stereocenters. The molecule has 0 aromatic carbocycles. The van der Waals surface area contributed by atoms with Gasteiger partial charge in [-0.3, -0.25) is 0 Å². The molecule has 1 fully saturated rings. The maximum absolute atomic E-state index is 4.34. The van der Waals surface area contributed by atoms with Crippen molar-refractivity contribution >= 4 is 0 Å². The molecule has 15 heavy (non-hydrogen) atoms. The highest BCUT2D eigenvalue weighted by molar-refractivity contribution is 5.12. The Balaban J connectivity index is 2.02. The Morgan fingerprint density at radius 1 is 1.27 bits per heavy atom. The van der Waals surface area contributed by atoms with Gasteiger partial charge in [0.15, 0.2) is 0 Å². The summed E-state index contributed by atoms with van der Waals surface area (Å²) in [5, 5.41) is 12.0. The summed E-state index contributed by atoms with van der Waals surface area (Å²) in [5.41, 5.74) is 2.30. The molecule has 1 aliphatic rings. The predicted molar refractivity (Wildman–Crippen MR) is 60.9 cm³/mol. The highest BCUT2D eigenvalue weighted by Gasteiger charge is 2.16. The number of hydrogen-bond donors (Lipinski definition) is 1. The molecule has 0 aliphatic carbocycles. The quantitative estimate of drug-likeness (QED) is 0.819. The van der Waals surface area contributed by atoms with Crippen molar-refractivity contribution in [2.45, 2.75) is 38.5 Å². The summed E-state index contributed by atoms with van der Waals surface area (Å²) in [7, 11) is 0. The molecule has 2 heterocycles. The van der Waals surface area contributed by atoms with Crippen LogP contribution in [-0.2, 0) is 6.42 Å². The van der Waals surface area contributed by atoms with E-state index < -0.39 is 0 Å². The predicted octanol–water partition coefficient (Wildman–Crippen LogP) is 1.90. The van der Waals surface area contributed by atoms with E-state index in [1.54, 1.807) is 0 Å². The molecule has 0 radical (unpaired) electrons. The van der Waals surface area contributed by atoms with Crippen LogP contribution in [-0.4, -0.2) is 23.3 Å². The van der Waals surface area contributed by atoms with Gasteiger partial charge >= 0.3 is 0 Å². The van der Waals surface area contributed by atoms with Gasteiger partial charge in [-0.2, -0.15) is 10.2 Å². The minimum Gasteiger partial charge on any atom is -0.317 e. The van der Waals surface area contributed by atoms with E-state index in [9.17, 15) is 0 Å². The van der Waals surface area contributed by atoms with Gasteiger partial charge in [-0.15, -0.1) is 0 Å². The minimum absolute atomic E-state index is 0.620. The average Bonchev–Trinajstić information content (AvgIpc) is 2.32. The lowest BCUT2D eigenvalue weighted by molar-refractivity contribution is 0.450. The van der Waals surface area contributed by atoms with Crippen molar-refractivity contribution in [2.75, 3.05) is 13.1 Å². The monoisotopic (exact) mass is 205 g/mol. The topological polar surface area (TPSA) is 37.8 Å². The first-order valence-electron chi connectivity index (χ1n) is 5.93. The number of hydrogen-bond acceptors (Lipinski definition) is 3. The normalized spacial score (nSPS) is 17.9. The maximum Gasteiger partial charge on any atom is 0.0663 e. The first kappa shape index (κ1) is 10.6. The summed E-state index contributed by atoms with van der Waals surface area (Å²) in [6.07, 6.45) is 4.57. The highest BCUT2D eigenvalue weighted by Crippen LogP contribution is 2.22. The van der Waals surface area contributed by atoms with E-state index in [0.29, 0.717) is 5.92 Å². The van der Waals surface area contributed by atoms with E-state index >= 15 is 0 Å². The van der Waals surface area contributed by atoms with Gasteiger partial charge in [-0.05, 0) is 44.5 Å². The third-order valence-corrected chi connectivity index (χ3v) is 3.00. The van der Waals surface area contributed by atoms with Crippen molar-refractivity contribution in [3.8, 4) is 0 Å². The molecule has 1 aromatic rings. The zero-order valence-corrected chi connectivity index (χ0v) is 9.37. The molecule has 82 valence electrons. The van der Waals surface area contributed by atoms with Crippen molar-refractivity contribution in [1.82, 2.24) is 15.5 Å². The smallest absolute Gasteiger partial charge is 0.0663 e. The highest BCUT2D eigenvalue weighted by atomic mass is 15.1. The first-order valence-corrected chi connectivity index (χ1v) is 5.93. The Hall–Kier alpha value is -0.960. The zero-order chi connectivity index (χ0) is 10.5. The largest absolute Gasteiger partial charge is 0.317 e. The van der Waals surface area contributed by atoms with Gasteiger partial charge < -0.3 is 5.32 Å². The Kier molecular flexibility index (Phi) is 3.67. The van der Waals surface area contributed by atoms with Gasteiger partial charge in [0.25, 0.3) is 0 Å². The van der Waals surface area contributed by atoms with E-state index in [0.717, 1.165) is 31.6 Å². The summed E-state index contributed by atoms with van der Waals surface area (Å²) in [5.74, 6) is 0.620. The Morgan fingerprint density at radius 3 is 2.67 bits per heavy atom. The van der Waals surface area contributed by atoms with Crippen LogP contribution >= 0.6 is 0 Å². The lowest BCUT2D eigenvalue weighted by Gasteiger charge is -2.21. The summed E-state index contributed by atoms with van der Waals surface area (Å²) < 4.78 is 0. The van der Waals surface area contributed by atoms with Gasteiger partial charge in [0.2, 0.25) is 0 Å². The lowest BCUT2D eigenvalue weighted by Crippen LogP contribution is -2.27. The summed E-state index contributed by atoms with van der Waals surface area (Å²) in [6.45, 7) is 4.40. The van der Waals surface area contributed by atoms with Crippen LogP contribution in [0.4, 0.5) is 0 Å². The average molecular weight is 205 g/mol. The Morgan fingerprint density at radius 2 is 2.07 bits per heavy atom. The minimum atomic E-state index is 0.620. The fraction of sp³-hybridized carbons (Fsp3) is 0.667. The van der Waals surface area contributed by atoms with Gasteiger partial charge in [0.1, 0.15) is 0 Å². The molecule has 0 saturated carbocycles. The van der Waals surface area contributed by atoms with E-state index in [-0.39, 0.29) is 0 Å². The molecule has 2 rings (SSSR count). The summed E-state index contributed by atoms with van der Waals surface area (Å²) in [6, 6.07) is 4.29. The van der Waals surface area contributed by atoms with Crippen LogP contribution in [0.5, 0.6) is 0 Å². The molecule has 0 spiro atoms. The molecule has 1 aromatic heterocycles. The molecule has 1 N–H and O–H groups in total. The maximum atomic E-state index is 4.34. The number of piperidine rings is 1. The molecule has 1 aliphatic heterocycles. The lowest BCUT2D eigenvalue weighted by atomic mass is 9.94. The van der Waals surface area contributed by atoms with Crippen LogP contribution in [0, 0.1) is 0 Å². The molecule has 3 nitrogen and oxygen atoms in total. The van der Waals surface area contributed by atoms with Crippen LogP contribution in [0.15, 0.2) is 12.1 Å². The first-order chi connectivity index (χ1) is 7.40. The number of nitrogens with zero attached hydrogens (tertiary/aromatic N) is 2. The second-order valence-corrected chi connectivity index (χ2v) is 4.22. The number of nitrogens with one attached hydrogen (secondary N) is 1. The van der Waals surface area contributed by atoms with Gasteiger partial charge in [0.05, 0.1) is 11.4 Å². The fourth-order valence-corrected chi connectivity index (χ4v) is 2.10. The van der Waals surface area contributed by atoms with Crippen molar-refractivity contribution in [1.29, 1.82) is 0 Å². The molecular formula is C12H19N3. The van der Waals surface area contributed by atoms with Crippen LogP contribution in [0.25, 0.3) is 0 Å². The van der Waals surface area contributed by atoms with Crippen LogP contribution in [0.3, 0.4) is 0 Å². The molecular weight excluding hydrogens is 186 g/mol. The van der Waals surface area contributed by atoms with E-state index in [1.165, 1.54) is 18.5 Å². The van der Waals surface area contributed by atoms with E-state index in [1.807, 2.05) is 0 Å².